The summed E-state index contributed by atoms with van der Waals surface area (Å²) in [6.07, 6.45) is 10.1. The van der Waals surface area contributed by atoms with E-state index in [9.17, 15) is 35.1 Å². The van der Waals surface area contributed by atoms with Gasteiger partial charge in [-0.1, -0.05) is 81.6 Å². The van der Waals surface area contributed by atoms with Gasteiger partial charge in [0.25, 0.3) is 0 Å². The second-order valence-electron chi connectivity index (χ2n) is 34.6. The first-order chi connectivity index (χ1) is 65.7. The van der Waals surface area contributed by atoms with Crippen LogP contribution >= 0.6 is 83.6 Å². The summed E-state index contributed by atoms with van der Waals surface area (Å²) < 4.78 is 136. The maximum atomic E-state index is 13.0. The fourth-order valence-electron chi connectivity index (χ4n) is 14.6. The van der Waals surface area contributed by atoms with Crippen molar-refractivity contribution >= 4 is 228 Å². The highest BCUT2D eigenvalue weighted by atomic mass is 79.9. The summed E-state index contributed by atoms with van der Waals surface area (Å²) in [5, 5.41) is 25.1. The fraction of sp³-hybridized carbons (Fsp3) is 0.299. The van der Waals surface area contributed by atoms with Gasteiger partial charge in [-0.25, -0.2) is 36.8 Å². The third-order valence-electron chi connectivity index (χ3n) is 22.4. The van der Waals surface area contributed by atoms with E-state index in [0.29, 0.717) is 124 Å². The Morgan fingerprint density at radius 2 is 0.906 bits per heavy atom. The van der Waals surface area contributed by atoms with E-state index in [0.717, 1.165) is 87.6 Å². The van der Waals surface area contributed by atoms with Crippen LogP contribution in [0.4, 0.5) is 86.6 Å². The summed E-state index contributed by atoms with van der Waals surface area (Å²) >= 11 is 19.5. The van der Waals surface area contributed by atoms with Gasteiger partial charge < -0.3 is 93.8 Å². The van der Waals surface area contributed by atoms with Gasteiger partial charge in [0, 0.05) is 110 Å². The molecule has 0 bridgehead atoms. The van der Waals surface area contributed by atoms with Crippen molar-refractivity contribution in [2.75, 3.05) is 164 Å². The summed E-state index contributed by atoms with van der Waals surface area (Å²) in [6, 6.07) is 47.6. The summed E-state index contributed by atoms with van der Waals surface area (Å²) in [6.45, 7) is 29.0. The lowest BCUT2D eigenvalue weighted by atomic mass is 10.1. The zero-order valence-corrected chi connectivity index (χ0v) is 90.6. The van der Waals surface area contributed by atoms with Gasteiger partial charge >= 0.3 is 0 Å². The molecule has 32 nitrogen and oxygen atoms in total. The number of hydrogen-bond acceptors (Lipinski definition) is 31. The van der Waals surface area contributed by atoms with Crippen molar-refractivity contribution in [3.05, 3.63) is 224 Å². The van der Waals surface area contributed by atoms with Crippen molar-refractivity contribution in [3.8, 4) is 34.5 Å². The predicted octanol–water partition coefficient (Wildman–Crippen LogP) is 21.5. The molecule has 0 amide bonds. The van der Waals surface area contributed by atoms with Gasteiger partial charge in [0.15, 0.2) is 31.3 Å². The van der Waals surface area contributed by atoms with Gasteiger partial charge in [-0.15, -0.1) is 0 Å². The molecule has 0 spiro atoms. The van der Waals surface area contributed by atoms with E-state index in [2.05, 4.69) is 158 Å². The van der Waals surface area contributed by atoms with Gasteiger partial charge in [-0.05, 0) is 226 Å². The first-order valence-corrected chi connectivity index (χ1v) is 59.7. The molecule has 0 atom stereocenters. The van der Waals surface area contributed by atoms with Crippen LogP contribution in [0.1, 0.15) is 64.2 Å². The van der Waals surface area contributed by atoms with Crippen LogP contribution in [0.25, 0.3) is 17.1 Å². The minimum atomic E-state index is -3.58. The summed E-state index contributed by atoms with van der Waals surface area (Å²) in [5.74, 6) is 6.88. The zero-order valence-electron chi connectivity index (χ0n) is 80.7. The zero-order chi connectivity index (χ0) is 101. The van der Waals surface area contributed by atoms with Gasteiger partial charge in [0.2, 0.25) is 17.8 Å². The number of ether oxygens (including phenoxy) is 6. The molecule has 6 heterocycles. The molecule has 1 aliphatic carbocycles. The maximum Gasteiger partial charge on any atom is 0.231 e. The third kappa shape index (κ3) is 26.8. The number of fused-ring (bicyclic) bond motifs is 2. The second-order valence-corrected chi connectivity index (χ2v) is 55.0. The molecule has 42 heteroatoms. The van der Waals surface area contributed by atoms with Crippen LogP contribution in [0.2, 0.25) is 10.0 Å². The molecule has 0 saturated carbocycles. The van der Waals surface area contributed by atoms with Crippen molar-refractivity contribution in [2.45, 2.75) is 80.7 Å². The fourth-order valence-corrected chi connectivity index (χ4v) is 22.1. The molecular weight excluding hydrogens is 2060 g/mol. The molecule has 8 aromatic carbocycles. The second kappa shape index (κ2) is 45.6. The number of allylic oxidation sites excluding steroid dienone is 1. The Balaban J connectivity index is 0.000000166. The van der Waals surface area contributed by atoms with Crippen LogP contribution in [0.3, 0.4) is 0 Å². The van der Waals surface area contributed by atoms with E-state index < -0.39 is 58.7 Å². The highest BCUT2D eigenvalue weighted by Crippen LogP contribution is 2.46. The molecule has 1 aliphatic heterocycles. The smallest absolute Gasteiger partial charge is 0.231 e. The molecule has 15 rings (SSSR count). The summed E-state index contributed by atoms with van der Waals surface area (Å²) in [4.78, 5) is 44.7. The Morgan fingerprint density at radius 1 is 0.446 bits per heavy atom. The van der Waals surface area contributed by atoms with Crippen molar-refractivity contribution in [3.63, 3.8) is 0 Å². The standard InChI is InChI=1S/C30H38N5O2P.C24H27BrN5O4PS.C22H25BrClN4O4PS.C21H24ClN4O4P/c1-21(2)34-15-17-35(18-16-34)23-14-13-22(27(20-23)37-3)19-29-31-25-11-8-9-24(25)30(33-29)32-26-10-6-7-12-28(26)38(4,5)36;1-14(2)36(32,33)20-9-7-6-8-18(20)27-23-21-16(25)13-26-22(21)29-24(30-23)28-17-11-10-15(35(4,5)31)12-19(17)34-3;1-13(2)34(30,31)20-10-14(23)6-8-18(20)26-21-16(24)12-25-22(28-21)27-17-9-7-15(33(4,5)29)11-19(17)32-3;1-28-13-6-8-16(18(10-13)29-2)24-20-15(22)12-23-21(26-20)25-17-9-7-14(31(4,5)27)11-19(17)30-3/h6-10,12-14,20-21H,11,15-19H2,1-5H3,(H,31,32,33);6-14H,1-5H3,(H3,26,27,28,29,30);6-13H,1-5H3,(H2,25,26,27,28);6-12H,1-5H3,(H2,23,24,25,26). The number of aromatic nitrogens is 9. The average molecular weight is 2170 g/mol. The van der Waals surface area contributed by atoms with Crippen LogP contribution in [0.5, 0.6) is 34.5 Å². The summed E-state index contributed by atoms with van der Waals surface area (Å²) in [5.41, 5.74) is 8.82. The van der Waals surface area contributed by atoms with Gasteiger partial charge in [-0.3, -0.25) is 4.90 Å². The molecular formula is C97H114Br2Cl2N18O14P4S2. The number of methoxy groups -OCH3 is 6. The largest absolute Gasteiger partial charge is 0.497 e. The topological polar surface area (TPSA) is 402 Å². The lowest BCUT2D eigenvalue weighted by molar-refractivity contribution is 0.209. The van der Waals surface area contributed by atoms with Gasteiger partial charge in [0.05, 0.1) is 126 Å². The van der Waals surface area contributed by atoms with E-state index >= 15 is 0 Å². The predicted molar refractivity (Wildman–Crippen MR) is 575 cm³/mol. The van der Waals surface area contributed by atoms with Crippen LogP contribution in [-0.4, -0.2) is 205 Å². The van der Waals surface area contributed by atoms with Crippen LogP contribution in [0, 0.1) is 0 Å². The Morgan fingerprint density at radius 3 is 1.42 bits per heavy atom. The van der Waals surface area contributed by atoms with Crippen molar-refractivity contribution < 1.29 is 63.5 Å². The third-order valence-corrected chi connectivity index (χ3v) is 34.6. The van der Waals surface area contributed by atoms with Gasteiger partial charge in [0.1, 0.15) is 96.2 Å². The molecule has 2 aliphatic rings. The number of rotatable bonds is 32. The molecule has 0 unspecified atom stereocenters. The average Bonchev–Trinajstić information content (AvgIpc) is 1.74. The number of aromatic amines is 1. The number of benzene rings is 8. The van der Waals surface area contributed by atoms with Crippen molar-refractivity contribution in [1.29, 1.82) is 0 Å². The van der Waals surface area contributed by atoms with Crippen LogP contribution in [0.15, 0.2) is 201 Å². The number of hydrogen-bond donors (Lipinski definition) is 8. The molecule has 736 valence electrons. The quantitative estimate of drug-likeness (QED) is 0.0182. The Bertz CT molecular complexity index is 7180. The van der Waals surface area contributed by atoms with E-state index in [1.54, 1.807) is 231 Å². The maximum absolute atomic E-state index is 13.0. The first-order valence-electron chi connectivity index (χ1n) is 43.9. The number of anilines is 15. The summed E-state index contributed by atoms with van der Waals surface area (Å²) in [7, 11) is -7.46. The number of piperazine rings is 1. The van der Waals surface area contributed by atoms with E-state index in [1.165, 1.54) is 32.3 Å². The van der Waals surface area contributed by atoms with Gasteiger partial charge in [-0.2, -0.15) is 19.9 Å². The highest BCUT2D eigenvalue weighted by Gasteiger charge is 2.30. The SMILES string of the molecule is COc1cc(N2CCN(C(C)C)CC2)ccc1Cc1nc2c(c(Nc3ccccc3P(C)(C)=O)n1)C=CC2.COc1cc(P(C)(C)=O)ccc1Nc1nc(Nc2ccccc2S(=O)(=O)C(C)C)c2c(Br)c[nH]c2n1.COc1cc(P(C)(C)=O)ccc1Nc1ncc(Cl)c(Nc2ccc(Br)cc2S(=O)(=O)C(C)C)n1.COc1ccc(Nc2nc(Nc3ccc(P(C)(C)=O)cc3OC)ncc2Cl)c(OC)c1. The minimum absolute atomic E-state index is 0.127. The molecule has 1 saturated heterocycles. The molecule has 1 fully saturated rings. The highest BCUT2D eigenvalue weighted by molar-refractivity contribution is 9.11. The van der Waals surface area contributed by atoms with Crippen LogP contribution in [-0.2, 0) is 50.8 Å². The van der Waals surface area contributed by atoms with Crippen molar-refractivity contribution in [2.24, 2.45) is 0 Å². The number of para-hydroxylation sites is 2. The number of H-pyrrole nitrogens is 1. The molecule has 5 aromatic heterocycles. The van der Waals surface area contributed by atoms with E-state index in [-0.39, 0.29) is 32.5 Å². The number of nitrogens with one attached hydrogen (secondary N) is 8. The molecule has 0 radical (unpaired) electrons. The Hall–Kier alpha value is -11.1. The van der Waals surface area contributed by atoms with E-state index in [1.807, 2.05) is 24.3 Å². The Labute approximate surface area is 838 Å². The molecule has 8 N–H and O–H groups in total. The van der Waals surface area contributed by atoms with E-state index in [4.69, 9.17) is 61.6 Å². The number of nitrogens with zero attached hydrogens (tertiary/aromatic N) is 10. The molecule has 13 aromatic rings. The first kappa shape index (κ1) is 107. The lowest BCUT2D eigenvalue weighted by Gasteiger charge is -2.38. The van der Waals surface area contributed by atoms with Crippen molar-refractivity contribution in [1.82, 2.24) is 49.8 Å². The molecule has 139 heavy (non-hydrogen) atoms. The lowest BCUT2D eigenvalue weighted by Crippen LogP contribution is -2.48. The van der Waals surface area contributed by atoms with Crippen LogP contribution < -0.4 is 91.8 Å². The number of halogens is 4. The normalized spacial score (nSPS) is 12.8. The minimum Gasteiger partial charge on any atom is -0.497 e. The number of sulfone groups is 2. The Kier molecular flexibility index (Phi) is 35.0. The monoisotopic (exact) mass is 2170 g/mol.